The zero-order valence-corrected chi connectivity index (χ0v) is 10.9. The van der Waals surface area contributed by atoms with E-state index in [1.807, 2.05) is 0 Å². The number of H-pyrrole nitrogens is 1. The van der Waals surface area contributed by atoms with E-state index in [1.54, 1.807) is 11.8 Å². The molecule has 0 saturated heterocycles. The molecule has 3 rings (SSSR count). The molecule has 1 aliphatic carbocycles. The second kappa shape index (κ2) is 5.01. The molecular formula is C11H16N6S. The molecule has 3 N–H and O–H groups in total. The number of aromatic amines is 1. The number of aromatic nitrogens is 5. The van der Waals surface area contributed by atoms with Gasteiger partial charge in [0.05, 0.1) is 11.7 Å². The second-order valence-electron chi connectivity index (χ2n) is 4.52. The van der Waals surface area contributed by atoms with Crippen LogP contribution in [0.3, 0.4) is 0 Å². The first kappa shape index (κ1) is 11.6. The first-order chi connectivity index (χ1) is 8.81. The smallest absolute Gasteiger partial charge is 0.216 e. The summed E-state index contributed by atoms with van der Waals surface area (Å²) in [4.78, 5) is 4.05. The molecule has 7 heteroatoms. The Morgan fingerprint density at radius 3 is 3.00 bits per heavy atom. The van der Waals surface area contributed by atoms with Gasteiger partial charge in [0.15, 0.2) is 0 Å². The highest BCUT2D eigenvalue weighted by atomic mass is 32.2. The molecule has 2 aromatic heterocycles. The molecule has 96 valence electrons. The van der Waals surface area contributed by atoms with Gasteiger partial charge in [-0.15, -0.1) is 5.10 Å². The Kier molecular flexibility index (Phi) is 3.22. The number of nitrogens with two attached hydrogens (primary N) is 1. The second-order valence-corrected chi connectivity index (χ2v) is 5.46. The highest BCUT2D eigenvalue weighted by Crippen LogP contribution is 2.29. The number of hydrogen-bond donors (Lipinski definition) is 2. The summed E-state index contributed by atoms with van der Waals surface area (Å²) >= 11 is 1.54. The van der Waals surface area contributed by atoms with Gasteiger partial charge in [0.2, 0.25) is 11.1 Å². The van der Waals surface area contributed by atoms with Crippen molar-refractivity contribution in [3.63, 3.8) is 0 Å². The summed E-state index contributed by atoms with van der Waals surface area (Å²) in [6.45, 7) is 0. The van der Waals surface area contributed by atoms with E-state index >= 15 is 0 Å². The first-order valence-electron chi connectivity index (χ1n) is 6.16. The molecule has 2 heterocycles. The van der Waals surface area contributed by atoms with Crippen molar-refractivity contribution in [2.75, 3.05) is 5.73 Å². The van der Waals surface area contributed by atoms with E-state index in [4.69, 9.17) is 5.73 Å². The lowest BCUT2D eigenvalue weighted by Gasteiger charge is -2.08. The Bertz CT molecular complexity index is 513. The number of nitrogens with one attached hydrogen (secondary N) is 1. The van der Waals surface area contributed by atoms with Gasteiger partial charge < -0.3 is 5.73 Å². The number of nitrogen functional groups attached to an aromatic ring is 1. The Morgan fingerprint density at radius 2 is 2.28 bits per heavy atom. The Morgan fingerprint density at radius 1 is 1.44 bits per heavy atom. The minimum absolute atomic E-state index is 0.356. The molecule has 0 aromatic carbocycles. The third-order valence-electron chi connectivity index (χ3n) is 3.19. The molecule has 1 aliphatic rings. The van der Waals surface area contributed by atoms with Crippen LogP contribution in [0.4, 0.5) is 5.95 Å². The van der Waals surface area contributed by atoms with Gasteiger partial charge in [-0.1, -0.05) is 24.6 Å². The number of rotatable bonds is 4. The van der Waals surface area contributed by atoms with Crippen molar-refractivity contribution < 1.29 is 0 Å². The minimum atomic E-state index is 0.356. The van der Waals surface area contributed by atoms with Crippen molar-refractivity contribution >= 4 is 17.7 Å². The molecule has 0 bridgehead atoms. The minimum Gasteiger partial charge on any atom is -0.368 e. The summed E-state index contributed by atoms with van der Waals surface area (Å²) in [5.41, 5.74) is 6.54. The van der Waals surface area contributed by atoms with Crippen LogP contribution in [0.25, 0.3) is 0 Å². The molecule has 18 heavy (non-hydrogen) atoms. The van der Waals surface area contributed by atoms with Crippen LogP contribution in [-0.2, 0) is 5.75 Å². The van der Waals surface area contributed by atoms with Crippen LogP contribution in [0, 0.1) is 0 Å². The van der Waals surface area contributed by atoms with E-state index in [9.17, 15) is 0 Å². The molecule has 1 saturated carbocycles. The third kappa shape index (κ3) is 2.50. The number of anilines is 1. The largest absolute Gasteiger partial charge is 0.368 e. The number of nitrogens with zero attached hydrogens (tertiary/aromatic N) is 4. The van der Waals surface area contributed by atoms with Gasteiger partial charge in [0.1, 0.15) is 0 Å². The summed E-state index contributed by atoms with van der Waals surface area (Å²) in [7, 11) is 0. The maximum Gasteiger partial charge on any atom is 0.216 e. The van der Waals surface area contributed by atoms with E-state index in [2.05, 4.69) is 37.2 Å². The number of thioether (sulfide) groups is 1. The van der Waals surface area contributed by atoms with Gasteiger partial charge >= 0.3 is 0 Å². The molecular weight excluding hydrogens is 248 g/mol. The van der Waals surface area contributed by atoms with Crippen molar-refractivity contribution in [2.24, 2.45) is 0 Å². The van der Waals surface area contributed by atoms with Crippen LogP contribution in [0.2, 0.25) is 0 Å². The Balaban J connectivity index is 1.59. The molecule has 0 aliphatic heterocycles. The van der Waals surface area contributed by atoms with Gasteiger partial charge in [-0.3, -0.25) is 4.68 Å². The zero-order valence-electron chi connectivity index (χ0n) is 10.0. The summed E-state index contributed by atoms with van der Waals surface area (Å²) in [6.07, 6.45) is 7.24. The van der Waals surface area contributed by atoms with Gasteiger partial charge in [0, 0.05) is 11.9 Å². The van der Waals surface area contributed by atoms with Crippen LogP contribution in [0.15, 0.2) is 17.4 Å². The fourth-order valence-electron chi connectivity index (χ4n) is 2.29. The highest BCUT2D eigenvalue weighted by molar-refractivity contribution is 7.98. The molecule has 0 amide bonds. The van der Waals surface area contributed by atoms with E-state index < -0.39 is 0 Å². The van der Waals surface area contributed by atoms with E-state index in [0.717, 1.165) is 11.4 Å². The lowest BCUT2D eigenvalue weighted by Crippen LogP contribution is -2.05. The SMILES string of the molecule is Nc1nc(SCc2ccn(C3CCCC3)n2)n[nH]1. The zero-order chi connectivity index (χ0) is 12.4. The van der Waals surface area contributed by atoms with Crippen molar-refractivity contribution in [3.8, 4) is 0 Å². The molecule has 0 unspecified atom stereocenters. The summed E-state index contributed by atoms with van der Waals surface area (Å²) in [6, 6.07) is 2.67. The van der Waals surface area contributed by atoms with E-state index in [1.165, 1.54) is 25.7 Å². The third-order valence-corrected chi connectivity index (χ3v) is 4.07. The Labute approximate surface area is 109 Å². The molecule has 2 aromatic rings. The van der Waals surface area contributed by atoms with Gasteiger partial charge in [-0.25, -0.2) is 5.10 Å². The predicted octanol–water partition coefficient (Wildman–Crippen LogP) is 1.99. The predicted molar refractivity (Wildman–Crippen MR) is 70.1 cm³/mol. The fourth-order valence-corrected chi connectivity index (χ4v) is 2.99. The van der Waals surface area contributed by atoms with Crippen LogP contribution in [0.1, 0.15) is 37.4 Å². The fraction of sp³-hybridized carbons (Fsp3) is 0.545. The Hall–Kier alpha value is -1.50. The normalized spacial score (nSPS) is 16.4. The van der Waals surface area contributed by atoms with Crippen LogP contribution >= 0.6 is 11.8 Å². The lowest BCUT2D eigenvalue weighted by molar-refractivity contribution is 0.464. The van der Waals surface area contributed by atoms with Crippen molar-refractivity contribution in [1.82, 2.24) is 25.0 Å². The summed E-state index contributed by atoms with van der Waals surface area (Å²) < 4.78 is 2.11. The molecule has 0 radical (unpaired) electrons. The van der Waals surface area contributed by atoms with Crippen molar-refractivity contribution in [1.29, 1.82) is 0 Å². The van der Waals surface area contributed by atoms with Gasteiger partial charge in [-0.05, 0) is 18.9 Å². The lowest BCUT2D eigenvalue weighted by atomic mass is 10.3. The molecule has 1 fully saturated rings. The average molecular weight is 264 g/mol. The quantitative estimate of drug-likeness (QED) is 0.825. The van der Waals surface area contributed by atoms with Crippen molar-refractivity contribution in [3.05, 3.63) is 18.0 Å². The monoisotopic (exact) mass is 264 g/mol. The first-order valence-corrected chi connectivity index (χ1v) is 7.14. The highest BCUT2D eigenvalue weighted by Gasteiger charge is 2.17. The molecule has 0 atom stereocenters. The van der Waals surface area contributed by atoms with Crippen LogP contribution < -0.4 is 5.73 Å². The summed E-state index contributed by atoms with van der Waals surface area (Å²) in [5, 5.41) is 11.9. The molecule has 6 nitrogen and oxygen atoms in total. The van der Waals surface area contributed by atoms with Gasteiger partial charge in [-0.2, -0.15) is 10.1 Å². The standard InChI is InChI=1S/C11H16N6S/c12-10-13-11(15-14-10)18-7-8-5-6-17(16-8)9-3-1-2-4-9/h5-6,9H,1-4,7H2,(H3,12,13,14,15). The van der Waals surface area contributed by atoms with Gasteiger partial charge in [0.25, 0.3) is 0 Å². The average Bonchev–Trinajstić information content (AvgIpc) is 3.07. The summed E-state index contributed by atoms with van der Waals surface area (Å²) in [5.74, 6) is 1.13. The van der Waals surface area contributed by atoms with Crippen LogP contribution in [-0.4, -0.2) is 25.0 Å². The van der Waals surface area contributed by atoms with E-state index in [0.29, 0.717) is 17.1 Å². The van der Waals surface area contributed by atoms with Crippen LogP contribution in [0.5, 0.6) is 0 Å². The maximum absolute atomic E-state index is 5.47. The number of hydrogen-bond acceptors (Lipinski definition) is 5. The molecule has 0 spiro atoms. The van der Waals surface area contributed by atoms with E-state index in [-0.39, 0.29) is 0 Å². The maximum atomic E-state index is 5.47. The van der Waals surface area contributed by atoms with Crippen molar-refractivity contribution in [2.45, 2.75) is 42.6 Å². The topological polar surface area (TPSA) is 85.4 Å².